The minimum absolute atomic E-state index is 0.222. The highest BCUT2D eigenvalue weighted by molar-refractivity contribution is 6.28. The topological polar surface area (TPSA) is 37.8 Å². The number of nitrogens with one attached hydrogen (secondary N) is 1. The van der Waals surface area contributed by atoms with Crippen LogP contribution in [0.1, 0.15) is 5.56 Å². The quantitative estimate of drug-likeness (QED) is 0.555. The van der Waals surface area contributed by atoms with Crippen LogP contribution in [0.3, 0.4) is 0 Å². The molecule has 4 heteroatoms. The standard InChI is InChI=1S/C8H8ClN3/c1-3-4-10-7-6(2)5-11-8(9)12-7/h1,5H,4H2,2H3,(H,10,11,12). The molecule has 12 heavy (non-hydrogen) atoms. The number of hydrogen-bond acceptors (Lipinski definition) is 3. The average molecular weight is 182 g/mol. The third-order valence-electron chi connectivity index (χ3n) is 1.30. The monoisotopic (exact) mass is 181 g/mol. The second-order valence-corrected chi connectivity index (χ2v) is 2.57. The van der Waals surface area contributed by atoms with Crippen LogP contribution in [0.15, 0.2) is 6.20 Å². The molecular weight excluding hydrogens is 174 g/mol. The first-order chi connectivity index (χ1) is 5.74. The molecule has 0 bridgehead atoms. The van der Waals surface area contributed by atoms with E-state index in [1.807, 2.05) is 6.92 Å². The molecule has 0 radical (unpaired) electrons. The van der Waals surface area contributed by atoms with Gasteiger partial charge in [-0.3, -0.25) is 0 Å². The van der Waals surface area contributed by atoms with E-state index in [0.29, 0.717) is 12.4 Å². The lowest BCUT2D eigenvalue weighted by Gasteiger charge is -2.03. The summed E-state index contributed by atoms with van der Waals surface area (Å²) in [5.74, 6) is 3.14. The largest absolute Gasteiger partial charge is 0.359 e. The lowest BCUT2D eigenvalue weighted by atomic mass is 10.3. The van der Waals surface area contributed by atoms with Crippen LogP contribution in [0, 0.1) is 19.3 Å². The Hall–Kier alpha value is -1.27. The average Bonchev–Trinajstić information content (AvgIpc) is 2.07. The number of aryl methyl sites for hydroxylation is 1. The molecule has 0 atom stereocenters. The molecule has 0 amide bonds. The van der Waals surface area contributed by atoms with Gasteiger partial charge in [0.15, 0.2) is 0 Å². The van der Waals surface area contributed by atoms with Crippen molar-refractivity contribution < 1.29 is 0 Å². The molecule has 0 aliphatic carbocycles. The van der Waals surface area contributed by atoms with Crippen LogP contribution < -0.4 is 5.32 Å². The van der Waals surface area contributed by atoms with E-state index in [1.165, 1.54) is 0 Å². The Balaban J connectivity index is 2.84. The lowest BCUT2D eigenvalue weighted by Crippen LogP contribution is -2.03. The van der Waals surface area contributed by atoms with E-state index in [4.69, 9.17) is 18.0 Å². The number of rotatable bonds is 2. The summed E-state index contributed by atoms with van der Waals surface area (Å²) in [5, 5.41) is 3.15. The highest BCUT2D eigenvalue weighted by Gasteiger charge is 1.99. The Morgan fingerprint density at radius 1 is 1.75 bits per heavy atom. The normalized spacial score (nSPS) is 9.08. The van der Waals surface area contributed by atoms with Crippen molar-refractivity contribution in [3.63, 3.8) is 0 Å². The second kappa shape index (κ2) is 3.93. The van der Waals surface area contributed by atoms with E-state index in [2.05, 4.69) is 21.2 Å². The second-order valence-electron chi connectivity index (χ2n) is 2.23. The first-order valence-corrected chi connectivity index (χ1v) is 3.78. The van der Waals surface area contributed by atoms with E-state index in [-0.39, 0.29) is 5.28 Å². The summed E-state index contributed by atoms with van der Waals surface area (Å²) in [6.45, 7) is 2.32. The smallest absolute Gasteiger partial charge is 0.224 e. The number of nitrogens with zero attached hydrogens (tertiary/aromatic N) is 2. The van der Waals surface area contributed by atoms with Crippen molar-refractivity contribution in [2.45, 2.75) is 6.92 Å². The molecular formula is C8H8ClN3. The summed E-state index contributed by atoms with van der Waals surface area (Å²) in [5.41, 5.74) is 0.926. The van der Waals surface area contributed by atoms with Gasteiger partial charge < -0.3 is 5.32 Å². The highest BCUT2D eigenvalue weighted by atomic mass is 35.5. The van der Waals surface area contributed by atoms with Gasteiger partial charge in [-0.1, -0.05) is 5.92 Å². The van der Waals surface area contributed by atoms with Crippen molar-refractivity contribution in [1.29, 1.82) is 0 Å². The molecule has 3 nitrogen and oxygen atoms in total. The summed E-state index contributed by atoms with van der Waals surface area (Å²) >= 11 is 5.58. The Bertz CT molecular complexity index is 317. The fraction of sp³-hybridized carbons (Fsp3) is 0.250. The van der Waals surface area contributed by atoms with Crippen LogP contribution >= 0.6 is 11.6 Å². The molecule has 0 fully saturated rings. The first kappa shape index (κ1) is 8.82. The molecule has 1 heterocycles. The van der Waals surface area contributed by atoms with Crippen molar-refractivity contribution in [1.82, 2.24) is 9.97 Å². The van der Waals surface area contributed by atoms with Crippen LogP contribution in [0.2, 0.25) is 5.28 Å². The van der Waals surface area contributed by atoms with Gasteiger partial charge in [0, 0.05) is 11.8 Å². The summed E-state index contributed by atoms with van der Waals surface area (Å²) in [6, 6.07) is 0. The Morgan fingerprint density at radius 3 is 3.17 bits per heavy atom. The van der Waals surface area contributed by atoms with Crippen molar-refractivity contribution in [2.24, 2.45) is 0 Å². The van der Waals surface area contributed by atoms with E-state index in [0.717, 1.165) is 5.56 Å². The Labute approximate surface area is 76.2 Å². The highest BCUT2D eigenvalue weighted by Crippen LogP contribution is 2.11. The molecule has 1 aromatic rings. The summed E-state index contributed by atoms with van der Waals surface area (Å²) in [4.78, 5) is 7.77. The van der Waals surface area contributed by atoms with E-state index < -0.39 is 0 Å². The molecule has 1 rings (SSSR count). The zero-order valence-electron chi connectivity index (χ0n) is 6.63. The predicted octanol–water partition coefficient (Wildman–Crippen LogP) is 1.48. The molecule has 0 aromatic carbocycles. The van der Waals surface area contributed by atoms with E-state index in [1.54, 1.807) is 6.20 Å². The first-order valence-electron chi connectivity index (χ1n) is 3.40. The van der Waals surface area contributed by atoms with Gasteiger partial charge >= 0.3 is 0 Å². The third kappa shape index (κ3) is 2.11. The van der Waals surface area contributed by atoms with Crippen LogP contribution in [0.25, 0.3) is 0 Å². The van der Waals surface area contributed by atoms with Gasteiger partial charge in [-0.2, -0.15) is 0 Å². The molecule has 0 aliphatic heterocycles. The van der Waals surface area contributed by atoms with E-state index >= 15 is 0 Å². The van der Waals surface area contributed by atoms with E-state index in [9.17, 15) is 0 Å². The third-order valence-corrected chi connectivity index (χ3v) is 1.48. The molecule has 0 aliphatic rings. The lowest BCUT2D eigenvalue weighted by molar-refractivity contribution is 1.11. The van der Waals surface area contributed by atoms with Crippen molar-refractivity contribution in [2.75, 3.05) is 11.9 Å². The van der Waals surface area contributed by atoms with Gasteiger partial charge in [-0.05, 0) is 18.5 Å². The summed E-state index contributed by atoms with van der Waals surface area (Å²) < 4.78 is 0. The Morgan fingerprint density at radius 2 is 2.50 bits per heavy atom. The van der Waals surface area contributed by atoms with Crippen molar-refractivity contribution in [3.8, 4) is 12.3 Å². The fourth-order valence-corrected chi connectivity index (χ4v) is 0.868. The fourth-order valence-electron chi connectivity index (χ4n) is 0.734. The molecule has 1 N–H and O–H groups in total. The maximum Gasteiger partial charge on any atom is 0.224 e. The zero-order valence-corrected chi connectivity index (χ0v) is 7.39. The number of terminal acetylenes is 1. The van der Waals surface area contributed by atoms with Crippen LogP contribution in [-0.2, 0) is 0 Å². The maximum absolute atomic E-state index is 5.58. The van der Waals surface area contributed by atoms with Gasteiger partial charge in [0.05, 0.1) is 6.54 Å². The van der Waals surface area contributed by atoms with Crippen LogP contribution in [0.5, 0.6) is 0 Å². The molecule has 0 spiro atoms. The maximum atomic E-state index is 5.58. The van der Waals surface area contributed by atoms with Gasteiger partial charge in [0.25, 0.3) is 0 Å². The minimum atomic E-state index is 0.222. The summed E-state index contributed by atoms with van der Waals surface area (Å²) in [7, 11) is 0. The molecule has 62 valence electrons. The van der Waals surface area contributed by atoms with Crippen LogP contribution in [-0.4, -0.2) is 16.5 Å². The van der Waals surface area contributed by atoms with Crippen LogP contribution in [0.4, 0.5) is 5.82 Å². The molecule has 0 saturated carbocycles. The Kier molecular flexibility index (Phi) is 2.89. The molecule has 0 saturated heterocycles. The van der Waals surface area contributed by atoms with Crippen molar-refractivity contribution in [3.05, 3.63) is 17.0 Å². The number of halogens is 1. The van der Waals surface area contributed by atoms with Gasteiger partial charge in [-0.25, -0.2) is 9.97 Å². The number of aromatic nitrogens is 2. The predicted molar refractivity (Wildman–Crippen MR) is 49.1 cm³/mol. The SMILES string of the molecule is C#CCNc1nc(Cl)ncc1C. The number of hydrogen-bond donors (Lipinski definition) is 1. The molecule has 1 aromatic heterocycles. The molecule has 0 unspecified atom stereocenters. The minimum Gasteiger partial charge on any atom is -0.359 e. The summed E-state index contributed by atoms with van der Waals surface area (Å²) in [6.07, 6.45) is 6.72. The zero-order chi connectivity index (χ0) is 8.97. The van der Waals surface area contributed by atoms with Gasteiger partial charge in [-0.15, -0.1) is 6.42 Å². The number of anilines is 1. The van der Waals surface area contributed by atoms with Gasteiger partial charge in [0.2, 0.25) is 5.28 Å². The van der Waals surface area contributed by atoms with Gasteiger partial charge in [0.1, 0.15) is 5.82 Å². The van der Waals surface area contributed by atoms with Crippen molar-refractivity contribution >= 4 is 17.4 Å².